The average molecular weight is 376 g/mol. The molecular weight excluding hydrogens is 358 g/mol. The number of aryl methyl sites for hydroxylation is 1. The normalized spacial score (nSPS) is 15.5. The lowest BCUT2D eigenvalue weighted by Crippen LogP contribution is -2.41. The van der Waals surface area contributed by atoms with Crippen molar-refractivity contribution < 1.29 is 9.53 Å². The number of benzene rings is 1. The molecule has 1 saturated heterocycles. The molecule has 0 spiro atoms. The van der Waals surface area contributed by atoms with E-state index in [0.717, 1.165) is 17.3 Å². The lowest BCUT2D eigenvalue weighted by molar-refractivity contribution is 0.0587. The number of carbonyl (C=O) groups excluding carboxylic acids is 1. The highest BCUT2D eigenvalue weighted by atomic mass is 79.9. The molecule has 23 heavy (non-hydrogen) atoms. The second-order valence-electron chi connectivity index (χ2n) is 5.56. The Labute approximate surface area is 143 Å². The largest absolute Gasteiger partial charge is 0.474 e. The van der Waals surface area contributed by atoms with Crippen LogP contribution in [0.25, 0.3) is 0 Å². The van der Waals surface area contributed by atoms with Crippen LogP contribution in [0, 0.1) is 6.92 Å². The van der Waals surface area contributed by atoms with E-state index in [0.29, 0.717) is 30.4 Å². The first-order valence-electron chi connectivity index (χ1n) is 7.63. The lowest BCUT2D eigenvalue weighted by atomic mass is 10.1. The number of hydrogen-bond donors (Lipinski definition) is 0. The van der Waals surface area contributed by atoms with Gasteiger partial charge in [-0.1, -0.05) is 22.0 Å². The molecule has 1 aliphatic heterocycles. The van der Waals surface area contributed by atoms with Crippen LogP contribution in [0.2, 0.25) is 0 Å². The van der Waals surface area contributed by atoms with Gasteiger partial charge in [-0.25, -0.2) is 4.98 Å². The lowest BCUT2D eigenvalue weighted by Gasteiger charge is -2.32. The van der Waals surface area contributed by atoms with Crippen molar-refractivity contribution in [2.24, 2.45) is 0 Å². The zero-order chi connectivity index (χ0) is 16.2. The molecule has 1 amide bonds. The smallest absolute Gasteiger partial charge is 0.253 e. The van der Waals surface area contributed by atoms with Gasteiger partial charge in [0.15, 0.2) is 0 Å². The van der Waals surface area contributed by atoms with Crippen LogP contribution in [0.3, 0.4) is 0 Å². The molecule has 1 aliphatic rings. The van der Waals surface area contributed by atoms with Crippen LogP contribution in [0.4, 0.5) is 0 Å². The summed E-state index contributed by atoms with van der Waals surface area (Å²) in [5, 5.41) is 0. The summed E-state index contributed by atoms with van der Waals surface area (Å²) in [7, 11) is 0. The molecule has 6 heteroatoms. The van der Waals surface area contributed by atoms with Gasteiger partial charge in [-0.2, -0.15) is 4.98 Å². The molecule has 2 heterocycles. The Morgan fingerprint density at radius 3 is 2.78 bits per heavy atom. The van der Waals surface area contributed by atoms with Crippen molar-refractivity contribution in [1.82, 2.24) is 14.9 Å². The molecule has 0 aliphatic carbocycles. The van der Waals surface area contributed by atoms with Crippen LogP contribution in [-0.4, -0.2) is 40.0 Å². The first-order chi connectivity index (χ1) is 11.1. The number of nitrogens with zero attached hydrogens (tertiary/aromatic N) is 3. The summed E-state index contributed by atoms with van der Waals surface area (Å²) in [5.74, 6) is 1.38. The Morgan fingerprint density at radius 2 is 2.09 bits per heavy atom. The van der Waals surface area contributed by atoms with E-state index in [-0.39, 0.29) is 12.0 Å². The molecule has 0 unspecified atom stereocenters. The van der Waals surface area contributed by atoms with E-state index in [1.165, 1.54) is 0 Å². The van der Waals surface area contributed by atoms with E-state index in [1.807, 2.05) is 36.1 Å². The van der Waals surface area contributed by atoms with E-state index in [1.54, 1.807) is 12.3 Å². The van der Waals surface area contributed by atoms with Gasteiger partial charge in [0.1, 0.15) is 11.9 Å². The van der Waals surface area contributed by atoms with Gasteiger partial charge in [0, 0.05) is 48.2 Å². The van der Waals surface area contributed by atoms with Crippen molar-refractivity contribution in [2.75, 3.05) is 13.1 Å². The van der Waals surface area contributed by atoms with Crippen molar-refractivity contribution in [3.63, 3.8) is 0 Å². The minimum atomic E-state index is 0.0719. The quantitative estimate of drug-likeness (QED) is 0.826. The number of rotatable bonds is 3. The van der Waals surface area contributed by atoms with E-state index < -0.39 is 0 Å². The zero-order valence-electron chi connectivity index (χ0n) is 12.9. The number of hydrogen-bond acceptors (Lipinski definition) is 4. The number of carbonyl (C=O) groups is 1. The van der Waals surface area contributed by atoms with Crippen LogP contribution in [0.5, 0.6) is 5.88 Å². The number of aromatic nitrogens is 2. The molecule has 1 aromatic carbocycles. The van der Waals surface area contributed by atoms with E-state index in [4.69, 9.17) is 4.74 Å². The van der Waals surface area contributed by atoms with Crippen LogP contribution in [-0.2, 0) is 0 Å². The molecule has 0 saturated carbocycles. The van der Waals surface area contributed by atoms with E-state index in [9.17, 15) is 4.79 Å². The molecule has 1 aromatic heterocycles. The van der Waals surface area contributed by atoms with Crippen molar-refractivity contribution in [1.29, 1.82) is 0 Å². The van der Waals surface area contributed by atoms with Crippen molar-refractivity contribution >= 4 is 21.8 Å². The molecule has 0 bridgehead atoms. The second-order valence-corrected chi connectivity index (χ2v) is 6.48. The molecule has 0 N–H and O–H groups in total. The maximum atomic E-state index is 12.5. The predicted molar refractivity (Wildman–Crippen MR) is 90.5 cm³/mol. The number of amides is 1. The number of piperidine rings is 1. The summed E-state index contributed by atoms with van der Waals surface area (Å²) in [4.78, 5) is 22.7. The summed E-state index contributed by atoms with van der Waals surface area (Å²) in [6.07, 6.45) is 3.41. The Hall–Kier alpha value is -1.95. The van der Waals surface area contributed by atoms with Crippen LogP contribution < -0.4 is 4.74 Å². The van der Waals surface area contributed by atoms with Gasteiger partial charge < -0.3 is 9.64 Å². The fraction of sp³-hybridized carbons (Fsp3) is 0.353. The summed E-state index contributed by atoms with van der Waals surface area (Å²) in [5.41, 5.74) is 0.713. The monoisotopic (exact) mass is 375 g/mol. The number of ether oxygens (including phenoxy) is 1. The van der Waals surface area contributed by atoms with Gasteiger partial charge in [0.25, 0.3) is 5.91 Å². The fourth-order valence-electron chi connectivity index (χ4n) is 2.65. The Kier molecular flexibility index (Phi) is 4.91. The minimum absolute atomic E-state index is 0.0719. The standard InChI is InChI=1S/C17H18BrN3O2/c1-12-19-8-5-16(20-12)23-15-6-9-21(10-7-15)17(22)13-3-2-4-14(18)11-13/h2-5,8,11,15H,6-7,9-10H2,1H3. The van der Waals surface area contributed by atoms with Gasteiger partial charge >= 0.3 is 0 Å². The Balaban J connectivity index is 1.57. The van der Waals surface area contributed by atoms with Gasteiger partial charge in [-0.15, -0.1) is 0 Å². The first kappa shape index (κ1) is 15.9. The minimum Gasteiger partial charge on any atom is -0.474 e. The number of halogens is 1. The van der Waals surface area contributed by atoms with E-state index >= 15 is 0 Å². The maximum Gasteiger partial charge on any atom is 0.253 e. The average Bonchev–Trinajstić information content (AvgIpc) is 2.55. The molecule has 120 valence electrons. The zero-order valence-corrected chi connectivity index (χ0v) is 14.5. The maximum absolute atomic E-state index is 12.5. The predicted octanol–water partition coefficient (Wildman–Crippen LogP) is 3.23. The van der Waals surface area contributed by atoms with Crippen LogP contribution in [0.15, 0.2) is 41.0 Å². The third kappa shape index (κ3) is 4.07. The molecule has 5 nitrogen and oxygen atoms in total. The van der Waals surface area contributed by atoms with E-state index in [2.05, 4.69) is 25.9 Å². The highest BCUT2D eigenvalue weighted by molar-refractivity contribution is 9.10. The van der Waals surface area contributed by atoms with Gasteiger partial charge in [-0.3, -0.25) is 4.79 Å². The van der Waals surface area contributed by atoms with Gasteiger partial charge in [0.05, 0.1) is 0 Å². The summed E-state index contributed by atoms with van der Waals surface area (Å²) >= 11 is 3.40. The topological polar surface area (TPSA) is 55.3 Å². The Bertz CT molecular complexity index is 700. The van der Waals surface area contributed by atoms with Crippen LogP contribution in [0.1, 0.15) is 29.0 Å². The second kappa shape index (κ2) is 7.08. The molecule has 0 atom stereocenters. The van der Waals surface area contributed by atoms with Gasteiger partial charge in [0.2, 0.25) is 5.88 Å². The third-order valence-corrected chi connectivity index (χ3v) is 4.33. The highest BCUT2D eigenvalue weighted by Gasteiger charge is 2.25. The Morgan fingerprint density at radius 1 is 1.30 bits per heavy atom. The molecular formula is C17H18BrN3O2. The molecule has 2 aromatic rings. The van der Waals surface area contributed by atoms with Crippen molar-refractivity contribution in [3.05, 3.63) is 52.4 Å². The summed E-state index contributed by atoms with van der Waals surface area (Å²) < 4.78 is 6.81. The summed E-state index contributed by atoms with van der Waals surface area (Å²) in [6.45, 7) is 3.23. The summed E-state index contributed by atoms with van der Waals surface area (Å²) in [6, 6.07) is 9.27. The van der Waals surface area contributed by atoms with Crippen molar-refractivity contribution in [2.45, 2.75) is 25.9 Å². The first-order valence-corrected chi connectivity index (χ1v) is 8.42. The SMILES string of the molecule is Cc1nccc(OC2CCN(C(=O)c3cccc(Br)c3)CC2)n1. The van der Waals surface area contributed by atoms with Crippen molar-refractivity contribution in [3.8, 4) is 5.88 Å². The van der Waals surface area contributed by atoms with Gasteiger partial charge in [-0.05, 0) is 25.1 Å². The molecule has 3 rings (SSSR count). The fourth-order valence-corrected chi connectivity index (χ4v) is 3.05. The molecule has 0 radical (unpaired) electrons. The third-order valence-electron chi connectivity index (χ3n) is 3.84. The molecule has 1 fully saturated rings. The van der Waals surface area contributed by atoms with Crippen LogP contribution >= 0.6 is 15.9 Å². The number of likely N-dealkylation sites (tertiary alicyclic amines) is 1. The highest BCUT2D eigenvalue weighted by Crippen LogP contribution is 2.20.